The number of aliphatic carboxylic acids is 1. The summed E-state index contributed by atoms with van der Waals surface area (Å²) in [7, 11) is 0. The molecule has 1 aromatic carbocycles. The van der Waals surface area contributed by atoms with Crippen LogP contribution in [0.1, 0.15) is 30.6 Å². The summed E-state index contributed by atoms with van der Waals surface area (Å²) in [5, 5.41) is 8.93. The van der Waals surface area contributed by atoms with E-state index in [1.807, 2.05) is 13.8 Å². The number of ether oxygens (including phenoxy) is 1. The van der Waals surface area contributed by atoms with Crippen LogP contribution < -0.4 is 4.74 Å². The molecule has 1 aromatic rings. The molecule has 1 atom stereocenters. The zero-order chi connectivity index (χ0) is 15.8. The number of carboxylic acids is 1. The molecule has 1 rings (SSSR count). The van der Waals surface area contributed by atoms with Crippen molar-refractivity contribution in [3.8, 4) is 18.1 Å². The first-order chi connectivity index (χ1) is 9.99. The standard InChI is InChI=1S/C16H19NO4/c1-4-10-21-14-8-6-13(7-9-14)16(20)17(11-15(18)19)12(3)5-2/h1,6-9,12H,5,10-11H2,2-3H3,(H,18,19). The van der Waals surface area contributed by atoms with E-state index in [-0.39, 0.29) is 25.1 Å². The van der Waals surface area contributed by atoms with Crippen molar-refractivity contribution < 1.29 is 19.4 Å². The van der Waals surface area contributed by atoms with Gasteiger partial charge in [-0.15, -0.1) is 6.42 Å². The van der Waals surface area contributed by atoms with Crippen molar-refractivity contribution in [2.24, 2.45) is 0 Å². The van der Waals surface area contributed by atoms with Gasteiger partial charge in [-0.3, -0.25) is 9.59 Å². The Morgan fingerprint density at radius 3 is 2.48 bits per heavy atom. The van der Waals surface area contributed by atoms with Gasteiger partial charge in [-0.1, -0.05) is 12.8 Å². The van der Waals surface area contributed by atoms with Crippen LogP contribution in [-0.4, -0.2) is 41.1 Å². The van der Waals surface area contributed by atoms with E-state index >= 15 is 0 Å². The molecule has 1 amide bonds. The highest BCUT2D eigenvalue weighted by molar-refractivity contribution is 5.96. The van der Waals surface area contributed by atoms with Crippen LogP contribution in [0.4, 0.5) is 0 Å². The maximum atomic E-state index is 12.4. The number of rotatable bonds is 7. The summed E-state index contributed by atoms with van der Waals surface area (Å²) in [6.45, 7) is 3.57. The number of hydrogen-bond acceptors (Lipinski definition) is 3. The van der Waals surface area contributed by atoms with Crippen LogP contribution in [0.5, 0.6) is 5.75 Å². The molecule has 0 aliphatic carbocycles. The lowest BCUT2D eigenvalue weighted by Crippen LogP contribution is -2.41. The number of benzene rings is 1. The first kappa shape index (κ1) is 16.6. The van der Waals surface area contributed by atoms with Crippen molar-refractivity contribution in [2.75, 3.05) is 13.2 Å². The van der Waals surface area contributed by atoms with E-state index in [4.69, 9.17) is 16.3 Å². The molecule has 0 spiro atoms. The van der Waals surface area contributed by atoms with Crippen LogP contribution in [0.25, 0.3) is 0 Å². The van der Waals surface area contributed by atoms with E-state index in [0.29, 0.717) is 17.7 Å². The second kappa shape index (κ2) is 7.95. The lowest BCUT2D eigenvalue weighted by atomic mass is 10.1. The van der Waals surface area contributed by atoms with Crippen molar-refractivity contribution in [1.82, 2.24) is 4.90 Å². The van der Waals surface area contributed by atoms with Gasteiger partial charge in [0.1, 0.15) is 18.9 Å². The molecule has 0 radical (unpaired) electrons. The summed E-state index contributed by atoms with van der Waals surface area (Å²) in [5.74, 6) is 1.58. The van der Waals surface area contributed by atoms with Crippen molar-refractivity contribution in [3.63, 3.8) is 0 Å². The van der Waals surface area contributed by atoms with Gasteiger partial charge in [0.05, 0.1) is 0 Å². The second-order valence-electron chi connectivity index (χ2n) is 4.60. The third kappa shape index (κ3) is 4.84. The molecular weight excluding hydrogens is 270 g/mol. The summed E-state index contributed by atoms with van der Waals surface area (Å²) in [6, 6.07) is 6.34. The van der Waals surface area contributed by atoms with Crippen LogP contribution in [0.3, 0.4) is 0 Å². The maximum absolute atomic E-state index is 12.4. The number of carbonyl (C=O) groups excluding carboxylic acids is 1. The van der Waals surface area contributed by atoms with Crippen molar-refractivity contribution >= 4 is 11.9 Å². The molecule has 0 aliphatic rings. The molecule has 1 N–H and O–H groups in total. The summed E-state index contributed by atoms with van der Waals surface area (Å²) < 4.78 is 5.23. The molecule has 5 nitrogen and oxygen atoms in total. The molecule has 0 aliphatic heterocycles. The summed E-state index contributed by atoms with van der Waals surface area (Å²) >= 11 is 0. The minimum absolute atomic E-state index is 0.147. The van der Waals surface area contributed by atoms with Gasteiger partial charge in [-0.25, -0.2) is 0 Å². The third-order valence-corrected chi connectivity index (χ3v) is 3.11. The molecule has 0 bridgehead atoms. The van der Waals surface area contributed by atoms with E-state index < -0.39 is 5.97 Å². The fraction of sp³-hybridized carbons (Fsp3) is 0.375. The molecule has 0 saturated heterocycles. The van der Waals surface area contributed by atoms with Gasteiger partial charge in [-0.2, -0.15) is 0 Å². The van der Waals surface area contributed by atoms with Gasteiger partial charge in [-0.05, 0) is 37.6 Å². The first-order valence-electron chi connectivity index (χ1n) is 6.68. The Labute approximate surface area is 124 Å². The number of carboxylic acid groups (broad SMARTS) is 1. The molecule has 5 heteroatoms. The number of terminal acetylenes is 1. The van der Waals surface area contributed by atoms with E-state index in [9.17, 15) is 9.59 Å². The monoisotopic (exact) mass is 289 g/mol. The van der Waals surface area contributed by atoms with E-state index in [1.54, 1.807) is 24.3 Å². The zero-order valence-corrected chi connectivity index (χ0v) is 12.2. The van der Waals surface area contributed by atoms with E-state index in [2.05, 4.69) is 5.92 Å². The fourth-order valence-corrected chi connectivity index (χ4v) is 1.78. The Hall–Kier alpha value is -2.48. The van der Waals surface area contributed by atoms with Crippen LogP contribution in [-0.2, 0) is 4.79 Å². The second-order valence-corrected chi connectivity index (χ2v) is 4.60. The Morgan fingerprint density at radius 2 is 2.00 bits per heavy atom. The average Bonchev–Trinajstić information content (AvgIpc) is 2.49. The SMILES string of the molecule is C#CCOc1ccc(C(=O)N(CC(=O)O)C(C)CC)cc1. The van der Waals surface area contributed by atoms with Crippen LogP contribution >= 0.6 is 0 Å². The highest BCUT2D eigenvalue weighted by Gasteiger charge is 2.22. The highest BCUT2D eigenvalue weighted by atomic mass is 16.5. The Morgan fingerprint density at radius 1 is 1.38 bits per heavy atom. The maximum Gasteiger partial charge on any atom is 0.323 e. The van der Waals surface area contributed by atoms with Gasteiger partial charge >= 0.3 is 5.97 Å². The van der Waals surface area contributed by atoms with Crippen molar-refractivity contribution in [2.45, 2.75) is 26.3 Å². The van der Waals surface area contributed by atoms with Crippen LogP contribution in [0.15, 0.2) is 24.3 Å². The summed E-state index contributed by atoms with van der Waals surface area (Å²) in [4.78, 5) is 24.6. The van der Waals surface area contributed by atoms with E-state index in [0.717, 1.165) is 0 Å². The van der Waals surface area contributed by atoms with Crippen molar-refractivity contribution in [1.29, 1.82) is 0 Å². The zero-order valence-electron chi connectivity index (χ0n) is 12.2. The van der Waals surface area contributed by atoms with Gasteiger partial charge in [0.25, 0.3) is 5.91 Å². The van der Waals surface area contributed by atoms with Gasteiger partial charge < -0.3 is 14.7 Å². The molecule has 0 aromatic heterocycles. The predicted molar refractivity (Wildman–Crippen MR) is 79.2 cm³/mol. The lowest BCUT2D eigenvalue weighted by Gasteiger charge is -2.27. The Kier molecular flexibility index (Phi) is 6.28. The topological polar surface area (TPSA) is 66.8 Å². The smallest absolute Gasteiger partial charge is 0.323 e. The Balaban J connectivity index is 2.88. The van der Waals surface area contributed by atoms with Gasteiger partial charge in [0.15, 0.2) is 0 Å². The molecule has 112 valence electrons. The third-order valence-electron chi connectivity index (χ3n) is 3.11. The largest absolute Gasteiger partial charge is 0.481 e. The lowest BCUT2D eigenvalue weighted by molar-refractivity contribution is -0.138. The summed E-state index contributed by atoms with van der Waals surface area (Å²) in [5.41, 5.74) is 0.421. The predicted octanol–water partition coefficient (Wildman–Crippen LogP) is 2.02. The normalized spacial score (nSPS) is 11.3. The van der Waals surface area contributed by atoms with Crippen molar-refractivity contribution in [3.05, 3.63) is 29.8 Å². The first-order valence-corrected chi connectivity index (χ1v) is 6.68. The van der Waals surface area contributed by atoms with Crippen LogP contribution in [0, 0.1) is 12.3 Å². The average molecular weight is 289 g/mol. The molecule has 0 heterocycles. The molecule has 1 unspecified atom stereocenters. The quantitative estimate of drug-likeness (QED) is 0.780. The molecular formula is C16H19NO4. The number of hydrogen-bond donors (Lipinski definition) is 1. The van der Waals surface area contributed by atoms with E-state index in [1.165, 1.54) is 4.90 Å². The number of carbonyl (C=O) groups is 2. The summed E-state index contributed by atoms with van der Waals surface area (Å²) in [6.07, 6.45) is 5.78. The number of amides is 1. The van der Waals surface area contributed by atoms with Gasteiger partial charge in [0.2, 0.25) is 0 Å². The Bertz CT molecular complexity index is 530. The number of nitrogens with zero attached hydrogens (tertiary/aromatic N) is 1. The molecule has 0 saturated carbocycles. The molecule has 21 heavy (non-hydrogen) atoms. The minimum Gasteiger partial charge on any atom is -0.481 e. The highest BCUT2D eigenvalue weighted by Crippen LogP contribution is 2.15. The minimum atomic E-state index is -1.03. The van der Waals surface area contributed by atoms with Crippen LogP contribution in [0.2, 0.25) is 0 Å². The molecule has 0 fully saturated rings. The van der Waals surface area contributed by atoms with Gasteiger partial charge in [0, 0.05) is 11.6 Å². The fourth-order valence-electron chi connectivity index (χ4n) is 1.78.